The SMILES string of the molecule is O=C1CNC(=O)C2(CSOc3ccc(Br)cc32)C1. The van der Waals surface area contributed by atoms with Crippen molar-refractivity contribution < 1.29 is 13.8 Å². The van der Waals surface area contributed by atoms with E-state index in [4.69, 9.17) is 4.18 Å². The van der Waals surface area contributed by atoms with Gasteiger partial charge in [0.1, 0.15) is 5.75 Å². The highest BCUT2D eigenvalue weighted by molar-refractivity contribution is 9.10. The van der Waals surface area contributed by atoms with Crippen LogP contribution < -0.4 is 9.50 Å². The fourth-order valence-electron chi connectivity index (χ4n) is 2.38. The van der Waals surface area contributed by atoms with E-state index in [0.717, 1.165) is 10.0 Å². The van der Waals surface area contributed by atoms with Crippen molar-refractivity contribution in [1.29, 1.82) is 0 Å². The topological polar surface area (TPSA) is 55.4 Å². The van der Waals surface area contributed by atoms with E-state index in [1.807, 2.05) is 18.2 Å². The Morgan fingerprint density at radius 1 is 1.39 bits per heavy atom. The fraction of sp³-hybridized carbons (Fsp3) is 0.333. The van der Waals surface area contributed by atoms with Crippen LogP contribution in [0.4, 0.5) is 0 Å². The molecule has 2 heterocycles. The standard InChI is InChI=1S/C12H10BrNO3S/c13-7-1-2-10-9(3-7)12(6-18-17-10)4-8(15)5-14-11(12)16/h1-3H,4-6H2,(H,14,16). The Labute approximate surface area is 117 Å². The minimum atomic E-state index is -0.780. The highest BCUT2D eigenvalue weighted by atomic mass is 79.9. The molecule has 0 bridgehead atoms. The van der Waals surface area contributed by atoms with Crippen LogP contribution in [-0.4, -0.2) is 24.0 Å². The van der Waals surface area contributed by atoms with Crippen LogP contribution >= 0.6 is 28.0 Å². The van der Waals surface area contributed by atoms with Gasteiger partial charge in [0, 0.05) is 16.5 Å². The Hall–Kier alpha value is -1.01. The number of benzene rings is 1. The molecule has 3 rings (SSSR count). The summed E-state index contributed by atoms with van der Waals surface area (Å²) in [5, 5.41) is 2.68. The number of halogens is 1. The molecule has 94 valence electrons. The van der Waals surface area contributed by atoms with E-state index in [0.29, 0.717) is 11.5 Å². The van der Waals surface area contributed by atoms with E-state index < -0.39 is 5.41 Å². The highest BCUT2D eigenvalue weighted by Crippen LogP contribution is 2.45. The predicted molar refractivity (Wildman–Crippen MR) is 71.5 cm³/mol. The second-order valence-corrected chi connectivity index (χ2v) is 6.07. The van der Waals surface area contributed by atoms with Gasteiger partial charge in [0.15, 0.2) is 5.78 Å². The van der Waals surface area contributed by atoms with Crippen LogP contribution in [0.1, 0.15) is 12.0 Å². The number of amides is 1. The Morgan fingerprint density at radius 2 is 2.22 bits per heavy atom. The molecule has 1 amide bonds. The number of ketones is 1. The maximum absolute atomic E-state index is 12.2. The van der Waals surface area contributed by atoms with Crippen molar-refractivity contribution in [3.8, 4) is 5.75 Å². The smallest absolute Gasteiger partial charge is 0.232 e. The first kappa shape index (κ1) is 12.0. The number of nitrogens with one attached hydrogen (secondary N) is 1. The molecule has 2 aliphatic rings. The zero-order valence-electron chi connectivity index (χ0n) is 9.36. The third-order valence-corrected chi connectivity index (χ3v) is 4.69. The van der Waals surface area contributed by atoms with Gasteiger partial charge in [-0.1, -0.05) is 15.9 Å². The average molecular weight is 328 g/mol. The van der Waals surface area contributed by atoms with Gasteiger partial charge in [-0.25, -0.2) is 0 Å². The molecule has 1 aromatic rings. The molecule has 1 spiro atoms. The molecule has 1 N–H and O–H groups in total. The lowest BCUT2D eigenvalue weighted by atomic mass is 9.74. The second kappa shape index (κ2) is 4.28. The summed E-state index contributed by atoms with van der Waals surface area (Å²) in [7, 11) is 0. The summed E-state index contributed by atoms with van der Waals surface area (Å²) in [6.45, 7) is 0.134. The zero-order valence-corrected chi connectivity index (χ0v) is 11.8. The Bertz CT molecular complexity index is 548. The van der Waals surface area contributed by atoms with Crippen LogP contribution in [0.15, 0.2) is 22.7 Å². The van der Waals surface area contributed by atoms with Crippen molar-refractivity contribution >= 4 is 39.7 Å². The van der Waals surface area contributed by atoms with Crippen LogP contribution in [0.2, 0.25) is 0 Å². The second-order valence-electron chi connectivity index (χ2n) is 4.47. The molecule has 1 unspecified atom stereocenters. The van der Waals surface area contributed by atoms with E-state index in [9.17, 15) is 9.59 Å². The van der Waals surface area contributed by atoms with Crippen molar-refractivity contribution in [2.24, 2.45) is 0 Å². The summed E-state index contributed by atoms with van der Waals surface area (Å²) >= 11 is 4.62. The number of piperidine rings is 1. The van der Waals surface area contributed by atoms with E-state index in [2.05, 4.69) is 21.2 Å². The molecule has 1 atom stereocenters. The molecular formula is C12H10BrNO3S. The predicted octanol–water partition coefficient (Wildman–Crippen LogP) is 1.82. The number of rotatable bonds is 0. The van der Waals surface area contributed by atoms with Gasteiger partial charge in [-0.2, -0.15) is 0 Å². The molecule has 0 aromatic heterocycles. The zero-order chi connectivity index (χ0) is 12.8. The van der Waals surface area contributed by atoms with Gasteiger partial charge in [0.2, 0.25) is 5.91 Å². The quantitative estimate of drug-likeness (QED) is 0.738. The molecule has 2 aliphatic heterocycles. The summed E-state index contributed by atoms with van der Waals surface area (Å²) in [6.07, 6.45) is 0.249. The lowest BCUT2D eigenvalue weighted by molar-refractivity contribution is -0.135. The molecule has 0 radical (unpaired) electrons. The summed E-state index contributed by atoms with van der Waals surface area (Å²) in [4.78, 5) is 23.9. The lowest BCUT2D eigenvalue weighted by Crippen LogP contribution is -2.55. The largest absolute Gasteiger partial charge is 0.425 e. The van der Waals surface area contributed by atoms with E-state index in [1.54, 1.807) is 0 Å². The molecule has 0 aliphatic carbocycles. The van der Waals surface area contributed by atoms with Crippen molar-refractivity contribution in [3.63, 3.8) is 0 Å². The number of hydrogen-bond acceptors (Lipinski definition) is 4. The fourth-order valence-corrected chi connectivity index (χ4v) is 3.66. The number of Topliss-reactive ketones (excluding diaryl/α,β-unsaturated/α-hetero) is 1. The first-order valence-corrected chi connectivity index (χ1v) is 7.22. The van der Waals surface area contributed by atoms with Crippen molar-refractivity contribution in [2.45, 2.75) is 11.8 Å². The highest BCUT2D eigenvalue weighted by Gasteiger charge is 2.49. The van der Waals surface area contributed by atoms with Crippen LogP contribution in [0, 0.1) is 0 Å². The third-order valence-electron chi connectivity index (χ3n) is 3.29. The van der Waals surface area contributed by atoms with E-state index in [1.165, 1.54) is 12.0 Å². The Kier molecular flexibility index (Phi) is 2.86. The molecule has 18 heavy (non-hydrogen) atoms. The number of carbonyl (C=O) groups excluding carboxylic acids is 2. The normalized spacial score (nSPS) is 26.5. The van der Waals surface area contributed by atoms with Gasteiger partial charge >= 0.3 is 0 Å². The summed E-state index contributed by atoms with van der Waals surface area (Å²) < 4.78 is 6.37. The molecule has 1 saturated heterocycles. The monoisotopic (exact) mass is 327 g/mol. The lowest BCUT2D eigenvalue weighted by Gasteiger charge is -2.38. The molecule has 0 saturated carbocycles. The first-order chi connectivity index (χ1) is 8.62. The van der Waals surface area contributed by atoms with Crippen molar-refractivity contribution in [2.75, 3.05) is 12.3 Å². The Balaban J connectivity index is 2.16. The summed E-state index contributed by atoms with van der Waals surface area (Å²) in [5.74, 6) is 1.10. The van der Waals surface area contributed by atoms with Crippen LogP contribution in [0.3, 0.4) is 0 Å². The van der Waals surface area contributed by atoms with Gasteiger partial charge in [0.05, 0.1) is 29.8 Å². The van der Waals surface area contributed by atoms with Crippen molar-refractivity contribution in [3.05, 3.63) is 28.2 Å². The molecule has 1 fully saturated rings. The number of hydrogen-bond donors (Lipinski definition) is 1. The number of fused-ring (bicyclic) bond motifs is 2. The molecule has 6 heteroatoms. The van der Waals surface area contributed by atoms with Crippen LogP contribution in [0.25, 0.3) is 0 Å². The minimum Gasteiger partial charge on any atom is -0.425 e. The van der Waals surface area contributed by atoms with Crippen LogP contribution in [-0.2, 0) is 15.0 Å². The maximum Gasteiger partial charge on any atom is 0.232 e. The first-order valence-electron chi connectivity index (χ1n) is 5.51. The minimum absolute atomic E-state index is 0.0584. The van der Waals surface area contributed by atoms with Gasteiger partial charge in [-0.15, -0.1) is 0 Å². The molecule has 1 aromatic carbocycles. The maximum atomic E-state index is 12.2. The van der Waals surface area contributed by atoms with Crippen molar-refractivity contribution in [1.82, 2.24) is 5.32 Å². The van der Waals surface area contributed by atoms with Gasteiger partial charge in [-0.05, 0) is 18.2 Å². The summed E-state index contributed by atoms with van der Waals surface area (Å²) in [5.41, 5.74) is 0.0124. The van der Waals surface area contributed by atoms with Gasteiger partial charge in [-0.3, -0.25) is 9.59 Å². The Morgan fingerprint density at radius 3 is 3.06 bits per heavy atom. The van der Waals surface area contributed by atoms with E-state index >= 15 is 0 Å². The average Bonchev–Trinajstić information content (AvgIpc) is 2.35. The van der Waals surface area contributed by atoms with Gasteiger partial charge < -0.3 is 9.50 Å². The molecule has 4 nitrogen and oxygen atoms in total. The van der Waals surface area contributed by atoms with Gasteiger partial charge in [0.25, 0.3) is 0 Å². The number of carbonyl (C=O) groups is 2. The van der Waals surface area contributed by atoms with Crippen LogP contribution in [0.5, 0.6) is 5.75 Å². The third kappa shape index (κ3) is 1.75. The summed E-state index contributed by atoms with van der Waals surface area (Å²) in [6, 6.07) is 5.55. The molecular weight excluding hydrogens is 318 g/mol. The van der Waals surface area contributed by atoms with E-state index in [-0.39, 0.29) is 24.7 Å².